The lowest BCUT2D eigenvalue weighted by Gasteiger charge is -2.07. The molecule has 2 aromatic carbocycles. The van der Waals surface area contributed by atoms with E-state index in [9.17, 15) is 8.42 Å². The minimum Gasteiger partial charge on any atom is -0.369 e. The molecule has 1 atom stereocenters. The normalized spacial score (nSPS) is 13.1. The summed E-state index contributed by atoms with van der Waals surface area (Å²) in [6, 6.07) is 15.8. The maximum Gasteiger partial charge on any atom is 0.268 e. The van der Waals surface area contributed by atoms with Gasteiger partial charge in [0.05, 0.1) is 10.4 Å². The number of rotatable bonds is 6. The first-order valence-electron chi connectivity index (χ1n) is 8.41. The molecular formula is C19H21N5O2S. The van der Waals surface area contributed by atoms with Gasteiger partial charge in [-0.05, 0) is 36.1 Å². The second-order valence-electron chi connectivity index (χ2n) is 6.26. The predicted molar refractivity (Wildman–Crippen MR) is 108 cm³/mol. The molecule has 8 heteroatoms. The maximum atomic E-state index is 13.1. The summed E-state index contributed by atoms with van der Waals surface area (Å²) in [5, 5.41) is 8.32. The fraction of sp³-hybridized carbons (Fsp3) is 0.158. The highest BCUT2D eigenvalue weighted by Crippen LogP contribution is 2.27. The third-order valence-electron chi connectivity index (χ3n) is 4.10. The summed E-state index contributed by atoms with van der Waals surface area (Å²) in [4.78, 5) is 0.250. The molecular weight excluding hydrogens is 362 g/mol. The van der Waals surface area contributed by atoms with Crippen LogP contribution in [0, 0.1) is 5.92 Å². The summed E-state index contributed by atoms with van der Waals surface area (Å²) in [6.45, 7) is 1.96. The van der Waals surface area contributed by atoms with Gasteiger partial charge in [0, 0.05) is 17.8 Å². The molecule has 0 aliphatic rings. The van der Waals surface area contributed by atoms with Crippen LogP contribution < -0.4 is 11.5 Å². The van der Waals surface area contributed by atoms with E-state index in [1.165, 1.54) is 3.97 Å². The Morgan fingerprint density at radius 2 is 1.78 bits per heavy atom. The fourth-order valence-electron chi connectivity index (χ4n) is 2.90. The van der Waals surface area contributed by atoms with Crippen molar-refractivity contribution in [1.29, 1.82) is 0 Å². The number of fused-ring (bicyclic) bond motifs is 1. The van der Waals surface area contributed by atoms with Crippen LogP contribution in [0.2, 0.25) is 0 Å². The zero-order valence-electron chi connectivity index (χ0n) is 14.9. The Balaban J connectivity index is 2.02. The molecule has 3 aromatic rings. The number of nitrogens with zero attached hydrogens (tertiary/aromatic N) is 3. The van der Waals surface area contributed by atoms with Crippen LogP contribution in [0.3, 0.4) is 0 Å². The van der Waals surface area contributed by atoms with E-state index >= 15 is 0 Å². The smallest absolute Gasteiger partial charge is 0.268 e. The van der Waals surface area contributed by atoms with Crippen LogP contribution in [0.25, 0.3) is 10.9 Å². The van der Waals surface area contributed by atoms with Crippen molar-refractivity contribution in [3.63, 3.8) is 0 Å². The maximum absolute atomic E-state index is 13.1. The van der Waals surface area contributed by atoms with Crippen molar-refractivity contribution in [2.75, 3.05) is 0 Å². The summed E-state index contributed by atoms with van der Waals surface area (Å²) >= 11 is 0. The molecule has 1 heterocycles. The van der Waals surface area contributed by atoms with Gasteiger partial charge >= 0.3 is 0 Å². The van der Waals surface area contributed by atoms with Crippen molar-refractivity contribution in [1.82, 2.24) is 3.97 Å². The minimum atomic E-state index is -3.68. The van der Waals surface area contributed by atoms with Crippen LogP contribution in [-0.2, 0) is 16.4 Å². The van der Waals surface area contributed by atoms with Gasteiger partial charge < -0.3 is 11.5 Å². The molecule has 27 heavy (non-hydrogen) atoms. The van der Waals surface area contributed by atoms with Crippen LogP contribution in [0.4, 0.5) is 0 Å². The number of aromatic nitrogens is 1. The zero-order chi connectivity index (χ0) is 19.4. The Hall–Kier alpha value is -3.13. The van der Waals surface area contributed by atoms with Crippen molar-refractivity contribution < 1.29 is 8.42 Å². The standard InChI is InChI=1S/C19H21N5O2S/c1-14(12-22-23-19(20)21)11-15-13-24(18-10-6-5-9-17(15)18)27(25,26)16-7-3-2-4-8-16/h2-10,12-14H,11H2,1H3,(H4,20,21,23)/b22-12+. The fourth-order valence-corrected chi connectivity index (χ4v) is 4.31. The topological polar surface area (TPSA) is 116 Å². The van der Waals surface area contributed by atoms with Crippen LogP contribution in [0.5, 0.6) is 0 Å². The predicted octanol–water partition coefficient (Wildman–Crippen LogP) is 2.32. The zero-order valence-corrected chi connectivity index (χ0v) is 15.7. The minimum absolute atomic E-state index is 0.0202. The Kier molecular flexibility index (Phi) is 5.27. The lowest BCUT2D eigenvalue weighted by molar-refractivity contribution is 0.589. The van der Waals surface area contributed by atoms with Crippen LogP contribution in [-0.4, -0.2) is 24.6 Å². The van der Waals surface area contributed by atoms with Gasteiger partial charge in [-0.2, -0.15) is 5.10 Å². The molecule has 3 rings (SSSR count). The van der Waals surface area contributed by atoms with Crippen LogP contribution in [0.15, 0.2) is 75.9 Å². The van der Waals surface area contributed by atoms with Crippen molar-refractivity contribution in [2.45, 2.75) is 18.2 Å². The molecule has 0 saturated carbocycles. The highest BCUT2D eigenvalue weighted by atomic mass is 32.2. The summed E-state index contributed by atoms with van der Waals surface area (Å²) < 4.78 is 27.5. The second-order valence-corrected chi connectivity index (χ2v) is 8.07. The molecule has 0 spiro atoms. The van der Waals surface area contributed by atoms with Gasteiger partial charge in [-0.3, -0.25) is 0 Å². The third kappa shape index (κ3) is 4.01. The van der Waals surface area contributed by atoms with Gasteiger partial charge in [-0.1, -0.05) is 43.3 Å². The van der Waals surface area contributed by atoms with E-state index in [1.54, 1.807) is 48.8 Å². The molecule has 1 aromatic heterocycles. The number of hydrogen-bond acceptors (Lipinski definition) is 4. The molecule has 1 unspecified atom stereocenters. The van der Waals surface area contributed by atoms with Gasteiger partial charge in [-0.25, -0.2) is 12.4 Å². The van der Waals surface area contributed by atoms with Gasteiger partial charge in [-0.15, -0.1) is 5.10 Å². The second kappa shape index (κ2) is 7.63. The first kappa shape index (κ1) is 18.7. The van der Waals surface area contributed by atoms with E-state index < -0.39 is 10.0 Å². The number of nitrogens with two attached hydrogens (primary N) is 2. The number of hydrogen-bond donors (Lipinski definition) is 2. The first-order chi connectivity index (χ1) is 12.9. The molecule has 140 valence electrons. The number of benzene rings is 2. The third-order valence-corrected chi connectivity index (χ3v) is 5.78. The quantitative estimate of drug-likeness (QED) is 0.386. The van der Waals surface area contributed by atoms with E-state index in [0.29, 0.717) is 11.9 Å². The summed E-state index contributed by atoms with van der Waals surface area (Å²) in [5.74, 6) is -0.0872. The Labute approximate surface area is 158 Å². The number of para-hydroxylation sites is 1. The molecule has 0 aliphatic heterocycles. The molecule has 0 saturated heterocycles. The summed E-state index contributed by atoms with van der Waals surface area (Å²) in [6.07, 6.45) is 3.91. The van der Waals surface area contributed by atoms with Crippen LogP contribution >= 0.6 is 0 Å². The van der Waals surface area contributed by atoms with Crippen LogP contribution in [0.1, 0.15) is 12.5 Å². The monoisotopic (exact) mass is 383 g/mol. The van der Waals surface area contributed by atoms with E-state index in [-0.39, 0.29) is 16.8 Å². The lowest BCUT2D eigenvalue weighted by atomic mass is 10.0. The molecule has 7 nitrogen and oxygen atoms in total. The van der Waals surface area contributed by atoms with E-state index in [4.69, 9.17) is 11.5 Å². The lowest BCUT2D eigenvalue weighted by Crippen LogP contribution is -2.21. The van der Waals surface area contributed by atoms with Crippen molar-refractivity contribution >= 4 is 33.1 Å². The molecule has 0 radical (unpaired) electrons. The molecule has 0 amide bonds. The van der Waals surface area contributed by atoms with Gasteiger partial charge in [0.15, 0.2) is 0 Å². The average molecular weight is 383 g/mol. The average Bonchev–Trinajstić information content (AvgIpc) is 3.01. The Morgan fingerprint density at radius 3 is 2.48 bits per heavy atom. The summed E-state index contributed by atoms with van der Waals surface area (Å²) in [5.41, 5.74) is 12.1. The Morgan fingerprint density at radius 1 is 1.11 bits per heavy atom. The van der Waals surface area contributed by atoms with Crippen molar-refractivity contribution in [3.8, 4) is 0 Å². The Bertz CT molecular complexity index is 1100. The molecule has 0 bridgehead atoms. The number of guanidine groups is 1. The van der Waals surface area contributed by atoms with Crippen molar-refractivity contribution in [3.05, 3.63) is 66.4 Å². The highest BCUT2D eigenvalue weighted by molar-refractivity contribution is 7.90. The summed E-state index contributed by atoms with van der Waals surface area (Å²) in [7, 11) is -3.68. The molecule has 0 aliphatic carbocycles. The first-order valence-corrected chi connectivity index (χ1v) is 9.85. The van der Waals surface area contributed by atoms with Gasteiger partial charge in [0.2, 0.25) is 5.96 Å². The largest absolute Gasteiger partial charge is 0.369 e. The van der Waals surface area contributed by atoms with Gasteiger partial charge in [0.1, 0.15) is 0 Å². The highest BCUT2D eigenvalue weighted by Gasteiger charge is 2.21. The molecule has 0 fully saturated rings. The molecule has 4 N–H and O–H groups in total. The SMILES string of the molecule is CC(/C=N/N=C(N)N)Cc1cn(S(=O)(=O)c2ccccc2)c2ccccc12. The van der Waals surface area contributed by atoms with E-state index in [2.05, 4.69) is 10.2 Å². The van der Waals surface area contributed by atoms with E-state index in [1.807, 2.05) is 25.1 Å². The van der Waals surface area contributed by atoms with E-state index in [0.717, 1.165) is 10.9 Å². The van der Waals surface area contributed by atoms with Crippen molar-refractivity contribution in [2.24, 2.45) is 27.6 Å². The van der Waals surface area contributed by atoms with Gasteiger partial charge in [0.25, 0.3) is 10.0 Å².